The van der Waals surface area contributed by atoms with Crippen molar-refractivity contribution in [2.75, 3.05) is 0 Å². The van der Waals surface area contributed by atoms with Gasteiger partial charge in [-0.3, -0.25) is 4.79 Å². The smallest absolute Gasteiger partial charge is 0.255 e. The maximum atomic E-state index is 12.1. The van der Waals surface area contributed by atoms with Crippen molar-refractivity contribution in [2.24, 2.45) is 0 Å². The van der Waals surface area contributed by atoms with E-state index >= 15 is 0 Å². The van der Waals surface area contributed by atoms with E-state index in [2.05, 4.69) is 22.4 Å². The molecule has 6 heteroatoms. The third-order valence-corrected chi connectivity index (χ3v) is 3.79. The van der Waals surface area contributed by atoms with E-state index in [1.165, 1.54) is 6.07 Å². The first kappa shape index (κ1) is 12.6. The number of hydrogen-bond donors (Lipinski definition) is 1. The van der Waals surface area contributed by atoms with E-state index in [1.807, 2.05) is 0 Å². The molecule has 0 bridgehead atoms. The van der Waals surface area contributed by atoms with Crippen molar-refractivity contribution in [1.82, 2.24) is 15.5 Å². The maximum absolute atomic E-state index is 12.1. The third kappa shape index (κ3) is 2.53. The fraction of sp³-hybridized carbons (Fsp3) is 0.545. The highest BCUT2D eigenvalue weighted by Gasteiger charge is 2.37. The van der Waals surface area contributed by atoms with Crippen LogP contribution in [0, 0.1) is 0 Å². The van der Waals surface area contributed by atoms with Crippen LogP contribution in [-0.2, 0) is 0 Å². The second-order valence-corrected chi connectivity index (χ2v) is 5.06. The Balaban J connectivity index is 2.17. The topological polar surface area (TPSA) is 54.9 Å². The van der Waals surface area contributed by atoms with Gasteiger partial charge in [-0.15, -0.1) is 10.2 Å². The van der Waals surface area contributed by atoms with E-state index in [9.17, 15) is 4.79 Å². The summed E-state index contributed by atoms with van der Waals surface area (Å²) in [4.78, 5) is 12.1. The lowest BCUT2D eigenvalue weighted by molar-refractivity contribution is 0.0820. The standard InChI is InChI=1S/C11H13Cl2N3O/c1-2-11(4-3-5-11)14-10(17)7-6-8(12)15-16-9(7)13/h6H,2-5H2,1H3,(H,14,17). The summed E-state index contributed by atoms with van der Waals surface area (Å²) in [7, 11) is 0. The highest BCUT2D eigenvalue weighted by Crippen LogP contribution is 2.35. The summed E-state index contributed by atoms with van der Waals surface area (Å²) in [6.45, 7) is 2.07. The molecule has 0 atom stereocenters. The first-order valence-corrected chi connectivity index (χ1v) is 6.33. The van der Waals surface area contributed by atoms with Crippen molar-refractivity contribution in [1.29, 1.82) is 0 Å². The Kier molecular flexibility index (Phi) is 3.54. The molecular weight excluding hydrogens is 261 g/mol. The Hall–Kier alpha value is -0.870. The number of carbonyl (C=O) groups is 1. The molecule has 1 aromatic heterocycles. The van der Waals surface area contributed by atoms with Gasteiger partial charge in [-0.1, -0.05) is 30.1 Å². The Bertz CT molecular complexity index is 441. The van der Waals surface area contributed by atoms with Gasteiger partial charge in [0.25, 0.3) is 5.91 Å². The largest absolute Gasteiger partial charge is 0.347 e. The summed E-state index contributed by atoms with van der Waals surface area (Å²) in [6.07, 6.45) is 4.10. The second kappa shape index (κ2) is 4.78. The van der Waals surface area contributed by atoms with Gasteiger partial charge in [0.15, 0.2) is 10.3 Å². The minimum Gasteiger partial charge on any atom is -0.347 e. The van der Waals surface area contributed by atoms with Gasteiger partial charge in [0.1, 0.15) is 0 Å². The Morgan fingerprint density at radius 3 is 2.71 bits per heavy atom. The summed E-state index contributed by atoms with van der Waals surface area (Å²) in [5.74, 6) is -0.228. The van der Waals surface area contributed by atoms with Crippen molar-refractivity contribution >= 4 is 29.1 Å². The number of halogens is 2. The lowest BCUT2D eigenvalue weighted by Gasteiger charge is -2.42. The minimum atomic E-state index is -0.228. The van der Waals surface area contributed by atoms with Crippen molar-refractivity contribution < 1.29 is 4.79 Å². The molecule has 1 aliphatic rings. The van der Waals surface area contributed by atoms with Crippen molar-refractivity contribution in [2.45, 2.75) is 38.1 Å². The van der Waals surface area contributed by atoms with Crippen molar-refractivity contribution in [3.63, 3.8) is 0 Å². The van der Waals surface area contributed by atoms with Crippen LogP contribution in [0.1, 0.15) is 43.0 Å². The first-order chi connectivity index (χ1) is 8.06. The van der Waals surface area contributed by atoms with Gasteiger partial charge in [0.05, 0.1) is 5.56 Å². The SMILES string of the molecule is CCC1(NC(=O)c2cc(Cl)nnc2Cl)CCC1. The Morgan fingerprint density at radius 2 is 2.18 bits per heavy atom. The summed E-state index contributed by atoms with van der Waals surface area (Å²) < 4.78 is 0. The lowest BCUT2D eigenvalue weighted by atomic mass is 9.75. The molecule has 1 saturated carbocycles. The molecule has 0 radical (unpaired) electrons. The molecule has 1 aliphatic carbocycles. The predicted octanol–water partition coefficient (Wildman–Crippen LogP) is 2.85. The normalized spacial score (nSPS) is 17.4. The Labute approximate surface area is 110 Å². The Morgan fingerprint density at radius 1 is 1.47 bits per heavy atom. The molecule has 92 valence electrons. The number of nitrogens with one attached hydrogen (secondary N) is 1. The van der Waals surface area contributed by atoms with Gasteiger partial charge in [-0.25, -0.2) is 0 Å². The second-order valence-electron chi connectivity index (χ2n) is 4.31. The zero-order valence-electron chi connectivity index (χ0n) is 9.46. The molecule has 2 rings (SSSR count). The van der Waals surface area contributed by atoms with Crippen LogP contribution < -0.4 is 5.32 Å². The first-order valence-electron chi connectivity index (χ1n) is 5.57. The fourth-order valence-corrected chi connectivity index (χ4v) is 2.32. The molecule has 0 aliphatic heterocycles. The monoisotopic (exact) mass is 273 g/mol. The van der Waals surface area contributed by atoms with Gasteiger partial charge in [0.2, 0.25) is 0 Å². The number of rotatable bonds is 3. The van der Waals surface area contributed by atoms with Gasteiger partial charge in [0, 0.05) is 5.54 Å². The van der Waals surface area contributed by atoms with E-state index < -0.39 is 0 Å². The minimum absolute atomic E-state index is 0.0733. The molecule has 4 nitrogen and oxygen atoms in total. The van der Waals surface area contributed by atoms with Crippen LogP contribution in [0.2, 0.25) is 10.3 Å². The highest BCUT2D eigenvalue weighted by atomic mass is 35.5. The van der Waals surface area contributed by atoms with Gasteiger partial charge in [-0.05, 0) is 31.7 Å². The molecule has 1 fully saturated rings. The van der Waals surface area contributed by atoms with Crippen LogP contribution in [0.15, 0.2) is 6.07 Å². The van der Waals surface area contributed by atoms with Crippen molar-refractivity contribution in [3.8, 4) is 0 Å². The molecule has 0 spiro atoms. The van der Waals surface area contributed by atoms with Crippen LogP contribution in [0.3, 0.4) is 0 Å². The molecule has 1 amide bonds. The average Bonchev–Trinajstić information content (AvgIpc) is 2.26. The summed E-state index contributed by atoms with van der Waals surface area (Å²) in [6, 6.07) is 1.44. The molecule has 1 aromatic rings. The predicted molar refractivity (Wildman–Crippen MR) is 66.4 cm³/mol. The summed E-state index contributed by atoms with van der Waals surface area (Å²) in [5, 5.41) is 10.5. The lowest BCUT2D eigenvalue weighted by Crippen LogP contribution is -2.53. The van der Waals surface area contributed by atoms with E-state index in [4.69, 9.17) is 23.2 Å². The molecule has 0 aromatic carbocycles. The molecule has 1 heterocycles. The molecule has 0 unspecified atom stereocenters. The van der Waals surface area contributed by atoms with Gasteiger partial charge >= 0.3 is 0 Å². The zero-order chi connectivity index (χ0) is 12.5. The van der Waals surface area contributed by atoms with Gasteiger partial charge < -0.3 is 5.32 Å². The number of aromatic nitrogens is 2. The van der Waals surface area contributed by atoms with Crippen LogP contribution in [-0.4, -0.2) is 21.6 Å². The molecule has 0 saturated heterocycles. The maximum Gasteiger partial charge on any atom is 0.255 e. The van der Waals surface area contributed by atoms with Crippen LogP contribution >= 0.6 is 23.2 Å². The number of carbonyl (C=O) groups excluding carboxylic acids is 1. The number of hydrogen-bond acceptors (Lipinski definition) is 3. The van der Waals surface area contributed by atoms with E-state index in [-0.39, 0.29) is 27.3 Å². The highest BCUT2D eigenvalue weighted by molar-refractivity contribution is 6.34. The van der Waals surface area contributed by atoms with E-state index in [0.717, 1.165) is 25.7 Å². The zero-order valence-corrected chi connectivity index (χ0v) is 11.0. The van der Waals surface area contributed by atoms with Gasteiger partial charge in [-0.2, -0.15) is 0 Å². The summed E-state index contributed by atoms with van der Waals surface area (Å²) in [5.41, 5.74) is 0.210. The van der Waals surface area contributed by atoms with Crippen LogP contribution in [0.5, 0.6) is 0 Å². The van der Waals surface area contributed by atoms with Crippen LogP contribution in [0.25, 0.3) is 0 Å². The van der Waals surface area contributed by atoms with E-state index in [1.54, 1.807) is 0 Å². The number of amides is 1. The molecule has 17 heavy (non-hydrogen) atoms. The molecule has 1 N–H and O–H groups in total. The average molecular weight is 274 g/mol. The number of nitrogens with zero attached hydrogens (tertiary/aromatic N) is 2. The molecular formula is C11H13Cl2N3O. The quantitative estimate of drug-likeness (QED) is 0.922. The third-order valence-electron chi connectivity index (χ3n) is 3.33. The van der Waals surface area contributed by atoms with E-state index in [0.29, 0.717) is 0 Å². The summed E-state index contributed by atoms with van der Waals surface area (Å²) >= 11 is 11.5. The fourth-order valence-electron chi connectivity index (χ4n) is 1.99. The van der Waals surface area contributed by atoms with Crippen molar-refractivity contribution in [3.05, 3.63) is 21.9 Å². The van der Waals surface area contributed by atoms with Crippen LogP contribution in [0.4, 0.5) is 0 Å².